The van der Waals surface area contributed by atoms with Gasteiger partial charge in [-0.15, -0.1) is 0 Å². The fourth-order valence-corrected chi connectivity index (χ4v) is 2.37. The highest BCUT2D eigenvalue weighted by molar-refractivity contribution is 5.87. The molecule has 2 heterocycles. The molecule has 0 aromatic carbocycles. The van der Waals surface area contributed by atoms with Crippen LogP contribution in [0.2, 0.25) is 0 Å². The normalized spacial score (nSPS) is 18.5. The van der Waals surface area contributed by atoms with E-state index in [1.807, 2.05) is 6.92 Å². The summed E-state index contributed by atoms with van der Waals surface area (Å²) in [6, 6.07) is 2.66. The Labute approximate surface area is 105 Å². The number of rotatable bonds is 3. The lowest BCUT2D eigenvalue weighted by Crippen LogP contribution is -2.31. The molecule has 1 saturated heterocycles. The minimum Gasteiger partial charge on any atom is -0.478 e. The van der Waals surface area contributed by atoms with Crippen LogP contribution in [-0.2, 0) is 4.74 Å². The molecular weight excluding hydrogens is 234 g/mol. The highest BCUT2D eigenvalue weighted by Crippen LogP contribution is 2.26. The first kappa shape index (κ1) is 12.8. The molecule has 1 fully saturated rings. The van der Waals surface area contributed by atoms with Crippen LogP contribution in [0.1, 0.15) is 36.2 Å². The van der Waals surface area contributed by atoms with Crippen LogP contribution in [0.3, 0.4) is 0 Å². The van der Waals surface area contributed by atoms with Gasteiger partial charge in [0.1, 0.15) is 0 Å². The van der Waals surface area contributed by atoms with Gasteiger partial charge in [0.05, 0.1) is 5.56 Å². The SMILES string of the molecule is CC(C1CCOCC1)n1cc(C(=O)O)ccc1=O. The molecule has 1 N–H and O–H groups in total. The zero-order chi connectivity index (χ0) is 13.1. The van der Waals surface area contributed by atoms with Crippen molar-refractivity contribution in [1.82, 2.24) is 4.57 Å². The zero-order valence-electron chi connectivity index (χ0n) is 10.3. The van der Waals surface area contributed by atoms with E-state index in [9.17, 15) is 9.59 Å². The van der Waals surface area contributed by atoms with Crippen LogP contribution in [-0.4, -0.2) is 28.9 Å². The third-order valence-corrected chi connectivity index (χ3v) is 3.57. The van der Waals surface area contributed by atoms with Gasteiger partial charge in [-0.1, -0.05) is 0 Å². The molecular formula is C13H17NO4. The van der Waals surface area contributed by atoms with Gasteiger partial charge in [0.25, 0.3) is 5.56 Å². The van der Waals surface area contributed by atoms with Gasteiger partial charge < -0.3 is 14.4 Å². The molecule has 0 aliphatic carbocycles. The lowest BCUT2D eigenvalue weighted by molar-refractivity contribution is 0.0506. The number of carboxylic acid groups (broad SMARTS) is 1. The standard InChI is InChI=1S/C13H17NO4/c1-9(10-4-6-18-7-5-10)14-8-11(13(16)17)2-3-12(14)15/h2-3,8-10H,4-7H2,1H3,(H,16,17). The predicted molar refractivity (Wildman–Crippen MR) is 65.9 cm³/mol. The van der Waals surface area contributed by atoms with Crippen molar-refractivity contribution in [2.45, 2.75) is 25.8 Å². The maximum atomic E-state index is 11.8. The molecule has 1 atom stereocenters. The van der Waals surface area contributed by atoms with Crippen molar-refractivity contribution in [3.63, 3.8) is 0 Å². The van der Waals surface area contributed by atoms with Crippen LogP contribution in [0.15, 0.2) is 23.1 Å². The Balaban J connectivity index is 2.28. The number of carbonyl (C=O) groups is 1. The fraction of sp³-hybridized carbons (Fsp3) is 0.538. The first-order chi connectivity index (χ1) is 8.59. The van der Waals surface area contributed by atoms with Gasteiger partial charge in [-0.25, -0.2) is 4.79 Å². The Morgan fingerprint density at radius 2 is 2.11 bits per heavy atom. The summed E-state index contributed by atoms with van der Waals surface area (Å²) in [5.41, 5.74) is -0.00694. The third kappa shape index (κ3) is 2.61. The van der Waals surface area contributed by atoms with Gasteiger partial charge >= 0.3 is 5.97 Å². The summed E-state index contributed by atoms with van der Waals surface area (Å²) in [6.07, 6.45) is 3.25. The maximum Gasteiger partial charge on any atom is 0.337 e. The smallest absolute Gasteiger partial charge is 0.337 e. The second kappa shape index (κ2) is 5.35. The van der Waals surface area contributed by atoms with Crippen molar-refractivity contribution in [2.24, 2.45) is 5.92 Å². The quantitative estimate of drug-likeness (QED) is 0.884. The number of hydrogen-bond donors (Lipinski definition) is 1. The summed E-state index contributed by atoms with van der Waals surface area (Å²) < 4.78 is 6.82. The van der Waals surface area contributed by atoms with Gasteiger partial charge in [0, 0.05) is 31.5 Å². The van der Waals surface area contributed by atoms with Crippen LogP contribution in [0.25, 0.3) is 0 Å². The maximum absolute atomic E-state index is 11.8. The fourth-order valence-electron chi connectivity index (χ4n) is 2.37. The average Bonchev–Trinajstić information content (AvgIpc) is 2.39. The number of pyridine rings is 1. The van der Waals surface area contributed by atoms with Crippen molar-refractivity contribution >= 4 is 5.97 Å². The summed E-state index contributed by atoms with van der Waals surface area (Å²) in [6.45, 7) is 3.38. The Hall–Kier alpha value is -1.62. The minimum absolute atomic E-state index is 0.000648. The van der Waals surface area contributed by atoms with E-state index in [0.29, 0.717) is 19.1 Å². The number of aromatic nitrogens is 1. The molecule has 18 heavy (non-hydrogen) atoms. The zero-order valence-corrected chi connectivity index (χ0v) is 10.3. The molecule has 1 aromatic heterocycles. The molecule has 1 unspecified atom stereocenters. The van der Waals surface area contributed by atoms with E-state index in [1.54, 1.807) is 0 Å². The second-order valence-corrected chi connectivity index (χ2v) is 4.66. The number of carboxylic acids is 1. The Morgan fingerprint density at radius 1 is 1.44 bits per heavy atom. The average molecular weight is 251 g/mol. The van der Waals surface area contributed by atoms with Gasteiger partial charge in [0.2, 0.25) is 0 Å². The first-order valence-corrected chi connectivity index (χ1v) is 6.13. The highest BCUT2D eigenvalue weighted by atomic mass is 16.5. The van der Waals surface area contributed by atoms with Gasteiger partial charge in [-0.2, -0.15) is 0 Å². The van der Waals surface area contributed by atoms with Crippen LogP contribution in [0.4, 0.5) is 0 Å². The van der Waals surface area contributed by atoms with E-state index >= 15 is 0 Å². The number of hydrogen-bond acceptors (Lipinski definition) is 3. The van der Waals surface area contributed by atoms with E-state index in [1.165, 1.54) is 22.9 Å². The molecule has 0 bridgehead atoms. The number of aromatic carboxylic acids is 1. The molecule has 0 amide bonds. The molecule has 0 saturated carbocycles. The van der Waals surface area contributed by atoms with E-state index in [-0.39, 0.29) is 17.2 Å². The number of nitrogens with zero attached hydrogens (tertiary/aromatic N) is 1. The highest BCUT2D eigenvalue weighted by Gasteiger charge is 2.22. The third-order valence-electron chi connectivity index (χ3n) is 3.57. The molecule has 2 rings (SSSR count). The van der Waals surface area contributed by atoms with Crippen molar-refractivity contribution in [2.75, 3.05) is 13.2 Å². The summed E-state index contributed by atoms with van der Waals surface area (Å²) in [4.78, 5) is 22.7. The summed E-state index contributed by atoms with van der Waals surface area (Å²) in [5, 5.41) is 8.96. The largest absolute Gasteiger partial charge is 0.478 e. The molecule has 1 aromatic rings. The lowest BCUT2D eigenvalue weighted by atomic mass is 9.92. The van der Waals surface area contributed by atoms with Crippen LogP contribution >= 0.6 is 0 Å². The molecule has 1 aliphatic rings. The van der Waals surface area contributed by atoms with Crippen molar-refractivity contribution in [3.05, 3.63) is 34.2 Å². The molecule has 0 spiro atoms. The van der Waals surface area contributed by atoms with Crippen LogP contribution in [0, 0.1) is 5.92 Å². The van der Waals surface area contributed by atoms with Gasteiger partial charge in [0.15, 0.2) is 0 Å². The van der Waals surface area contributed by atoms with Crippen molar-refractivity contribution in [3.8, 4) is 0 Å². The molecule has 0 radical (unpaired) electrons. The van der Waals surface area contributed by atoms with Crippen LogP contribution in [0.5, 0.6) is 0 Å². The Bertz CT molecular complexity index is 488. The van der Waals surface area contributed by atoms with Crippen molar-refractivity contribution in [1.29, 1.82) is 0 Å². The Kier molecular flexibility index (Phi) is 3.81. The van der Waals surface area contributed by atoms with E-state index in [0.717, 1.165) is 12.8 Å². The first-order valence-electron chi connectivity index (χ1n) is 6.13. The number of ether oxygens (including phenoxy) is 1. The molecule has 5 heteroatoms. The van der Waals surface area contributed by atoms with Gasteiger partial charge in [-0.3, -0.25) is 4.79 Å². The molecule has 1 aliphatic heterocycles. The van der Waals surface area contributed by atoms with Crippen molar-refractivity contribution < 1.29 is 14.6 Å². The summed E-state index contributed by atoms with van der Waals surface area (Å²) in [5.74, 6) is -0.650. The molecule has 98 valence electrons. The lowest BCUT2D eigenvalue weighted by Gasteiger charge is -2.29. The van der Waals surface area contributed by atoms with Gasteiger partial charge in [-0.05, 0) is 31.7 Å². The van der Waals surface area contributed by atoms with Crippen LogP contribution < -0.4 is 5.56 Å². The Morgan fingerprint density at radius 3 is 2.72 bits per heavy atom. The van der Waals surface area contributed by atoms with E-state index in [4.69, 9.17) is 9.84 Å². The monoisotopic (exact) mass is 251 g/mol. The topological polar surface area (TPSA) is 68.5 Å². The summed E-state index contributed by atoms with van der Waals surface area (Å²) >= 11 is 0. The van der Waals surface area contributed by atoms with E-state index in [2.05, 4.69) is 0 Å². The summed E-state index contributed by atoms with van der Waals surface area (Å²) in [7, 11) is 0. The van der Waals surface area contributed by atoms with E-state index < -0.39 is 5.97 Å². The minimum atomic E-state index is -1.01. The predicted octanol–water partition coefficient (Wildman–Crippen LogP) is 1.53. The molecule has 5 nitrogen and oxygen atoms in total. The second-order valence-electron chi connectivity index (χ2n) is 4.66.